The number of aryl methyl sites for hydroxylation is 1. The lowest BCUT2D eigenvalue weighted by Crippen LogP contribution is -2.05. The molecule has 0 spiro atoms. The first-order valence-electron chi connectivity index (χ1n) is 6.32. The van der Waals surface area contributed by atoms with Crippen LogP contribution in [0.5, 0.6) is 5.75 Å². The zero-order valence-corrected chi connectivity index (χ0v) is 10.9. The Bertz CT molecular complexity index is 571. The van der Waals surface area contributed by atoms with E-state index in [9.17, 15) is 4.79 Å². The van der Waals surface area contributed by atoms with Crippen molar-refractivity contribution in [3.05, 3.63) is 71.8 Å². The quantitative estimate of drug-likeness (QED) is 0.469. The number of hydrogen-bond acceptors (Lipinski definition) is 2. The van der Waals surface area contributed by atoms with E-state index in [-0.39, 0.29) is 5.97 Å². The predicted molar refractivity (Wildman–Crippen MR) is 76.9 cm³/mol. The molecule has 2 nitrogen and oxygen atoms in total. The number of hydrogen-bond donors (Lipinski definition) is 0. The standard InChI is InChI=1S/C17H16O2/c1-2-15-10-6-7-11-16(15)19-17(18)13-12-14-8-4-3-5-9-14/h3-13H,2H2,1H3. The topological polar surface area (TPSA) is 26.3 Å². The smallest absolute Gasteiger partial charge is 0.336 e. The van der Waals surface area contributed by atoms with Crippen LogP contribution >= 0.6 is 0 Å². The van der Waals surface area contributed by atoms with E-state index in [2.05, 4.69) is 0 Å². The van der Waals surface area contributed by atoms with Gasteiger partial charge in [0.2, 0.25) is 0 Å². The van der Waals surface area contributed by atoms with Gasteiger partial charge in [0.25, 0.3) is 0 Å². The van der Waals surface area contributed by atoms with Crippen LogP contribution in [0.1, 0.15) is 18.1 Å². The average molecular weight is 252 g/mol. The van der Waals surface area contributed by atoms with Gasteiger partial charge in [-0.25, -0.2) is 4.79 Å². The third-order valence-corrected chi connectivity index (χ3v) is 2.78. The molecular weight excluding hydrogens is 236 g/mol. The van der Waals surface area contributed by atoms with E-state index >= 15 is 0 Å². The van der Waals surface area contributed by atoms with Crippen molar-refractivity contribution in [2.75, 3.05) is 0 Å². The maximum atomic E-state index is 11.7. The van der Waals surface area contributed by atoms with E-state index in [4.69, 9.17) is 4.74 Å². The lowest BCUT2D eigenvalue weighted by molar-refractivity contribution is -0.128. The fourth-order valence-electron chi connectivity index (χ4n) is 1.77. The molecule has 0 saturated heterocycles. The third kappa shape index (κ3) is 3.81. The molecule has 0 aromatic heterocycles. The van der Waals surface area contributed by atoms with Gasteiger partial charge in [-0.15, -0.1) is 0 Å². The summed E-state index contributed by atoms with van der Waals surface area (Å²) in [6.45, 7) is 2.03. The Morgan fingerprint density at radius 1 is 1.05 bits per heavy atom. The minimum absolute atomic E-state index is 0.357. The Morgan fingerprint density at radius 2 is 1.74 bits per heavy atom. The van der Waals surface area contributed by atoms with Crippen LogP contribution in [0.3, 0.4) is 0 Å². The predicted octanol–water partition coefficient (Wildman–Crippen LogP) is 3.87. The third-order valence-electron chi connectivity index (χ3n) is 2.78. The van der Waals surface area contributed by atoms with Crippen LogP contribution in [0.4, 0.5) is 0 Å². The molecule has 0 amide bonds. The molecule has 2 aromatic carbocycles. The van der Waals surface area contributed by atoms with Gasteiger partial charge in [-0.05, 0) is 29.7 Å². The van der Waals surface area contributed by atoms with Crippen molar-refractivity contribution in [1.82, 2.24) is 0 Å². The molecule has 0 bridgehead atoms. The first-order valence-corrected chi connectivity index (χ1v) is 6.32. The van der Waals surface area contributed by atoms with E-state index in [1.807, 2.05) is 61.5 Å². The minimum atomic E-state index is -0.357. The van der Waals surface area contributed by atoms with Crippen LogP contribution in [0.25, 0.3) is 6.08 Å². The fraction of sp³-hybridized carbons (Fsp3) is 0.118. The molecule has 0 aliphatic heterocycles. The highest BCUT2D eigenvalue weighted by atomic mass is 16.5. The second-order valence-corrected chi connectivity index (χ2v) is 4.13. The lowest BCUT2D eigenvalue weighted by Gasteiger charge is -2.06. The van der Waals surface area contributed by atoms with Crippen molar-refractivity contribution in [3.8, 4) is 5.75 Å². The van der Waals surface area contributed by atoms with Crippen LogP contribution in [0.15, 0.2) is 60.7 Å². The van der Waals surface area contributed by atoms with Gasteiger partial charge in [0, 0.05) is 6.08 Å². The highest BCUT2D eigenvalue weighted by molar-refractivity contribution is 5.88. The molecule has 0 unspecified atom stereocenters. The SMILES string of the molecule is CCc1ccccc1OC(=O)C=Cc1ccccc1. The van der Waals surface area contributed by atoms with Gasteiger partial charge < -0.3 is 4.74 Å². The number of ether oxygens (including phenoxy) is 1. The molecule has 2 rings (SSSR count). The second kappa shape index (κ2) is 6.55. The summed E-state index contributed by atoms with van der Waals surface area (Å²) in [5.41, 5.74) is 2.01. The summed E-state index contributed by atoms with van der Waals surface area (Å²) in [5.74, 6) is 0.275. The highest BCUT2D eigenvalue weighted by Gasteiger charge is 2.04. The largest absolute Gasteiger partial charge is 0.423 e. The van der Waals surface area contributed by atoms with E-state index in [0.717, 1.165) is 17.5 Å². The molecule has 19 heavy (non-hydrogen) atoms. The molecule has 0 fully saturated rings. The molecule has 2 aromatic rings. The molecule has 0 radical (unpaired) electrons. The average Bonchev–Trinajstić information content (AvgIpc) is 2.47. The van der Waals surface area contributed by atoms with Gasteiger partial charge in [0.1, 0.15) is 5.75 Å². The van der Waals surface area contributed by atoms with Crippen molar-refractivity contribution in [3.63, 3.8) is 0 Å². The van der Waals surface area contributed by atoms with Crippen LogP contribution in [0.2, 0.25) is 0 Å². The fourth-order valence-corrected chi connectivity index (χ4v) is 1.77. The molecule has 0 heterocycles. The molecular formula is C17H16O2. The Morgan fingerprint density at radius 3 is 2.47 bits per heavy atom. The molecule has 96 valence electrons. The Labute approximate surface area is 113 Å². The van der Waals surface area contributed by atoms with Gasteiger partial charge in [-0.3, -0.25) is 0 Å². The van der Waals surface area contributed by atoms with Crippen molar-refractivity contribution in [1.29, 1.82) is 0 Å². The van der Waals surface area contributed by atoms with Crippen molar-refractivity contribution < 1.29 is 9.53 Å². The van der Waals surface area contributed by atoms with Gasteiger partial charge in [-0.1, -0.05) is 55.5 Å². The molecule has 0 atom stereocenters. The maximum absolute atomic E-state index is 11.7. The van der Waals surface area contributed by atoms with Gasteiger partial charge in [0.15, 0.2) is 0 Å². The molecule has 0 saturated carbocycles. The minimum Gasteiger partial charge on any atom is -0.423 e. The maximum Gasteiger partial charge on any atom is 0.336 e. The second-order valence-electron chi connectivity index (χ2n) is 4.13. The van der Waals surface area contributed by atoms with E-state index in [0.29, 0.717) is 5.75 Å². The number of esters is 1. The monoisotopic (exact) mass is 252 g/mol. The van der Waals surface area contributed by atoms with Crippen LogP contribution in [-0.4, -0.2) is 5.97 Å². The molecule has 0 N–H and O–H groups in total. The van der Waals surface area contributed by atoms with Crippen molar-refractivity contribution >= 4 is 12.0 Å². The van der Waals surface area contributed by atoms with Gasteiger partial charge >= 0.3 is 5.97 Å². The van der Waals surface area contributed by atoms with Crippen LogP contribution < -0.4 is 4.74 Å². The van der Waals surface area contributed by atoms with Crippen LogP contribution in [-0.2, 0) is 11.2 Å². The summed E-state index contributed by atoms with van der Waals surface area (Å²) in [7, 11) is 0. The van der Waals surface area contributed by atoms with Crippen molar-refractivity contribution in [2.24, 2.45) is 0 Å². The zero-order valence-electron chi connectivity index (χ0n) is 10.9. The normalized spacial score (nSPS) is 10.6. The molecule has 0 aliphatic rings. The number of para-hydroxylation sites is 1. The van der Waals surface area contributed by atoms with Crippen LogP contribution in [0, 0.1) is 0 Å². The van der Waals surface area contributed by atoms with E-state index in [1.54, 1.807) is 6.08 Å². The van der Waals surface area contributed by atoms with E-state index in [1.165, 1.54) is 6.08 Å². The summed E-state index contributed by atoms with van der Waals surface area (Å²) in [5, 5.41) is 0. The summed E-state index contributed by atoms with van der Waals surface area (Å²) in [6, 6.07) is 17.2. The first-order chi connectivity index (χ1) is 9.29. The molecule has 0 aliphatic carbocycles. The number of carbonyl (C=O) groups is 1. The molecule has 2 heteroatoms. The summed E-state index contributed by atoms with van der Waals surface area (Å²) in [4.78, 5) is 11.7. The van der Waals surface area contributed by atoms with E-state index < -0.39 is 0 Å². The first kappa shape index (κ1) is 13.1. The number of rotatable bonds is 4. The highest BCUT2D eigenvalue weighted by Crippen LogP contribution is 2.18. The summed E-state index contributed by atoms with van der Waals surface area (Å²) in [6.07, 6.45) is 4.03. The Kier molecular flexibility index (Phi) is 4.51. The summed E-state index contributed by atoms with van der Waals surface area (Å²) < 4.78 is 5.33. The Hall–Kier alpha value is -2.35. The Balaban J connectivity index is 2.04. The van der Waals surface area contributed by atoms with Gasteiger partial charge in [-0.2, -0.15) is 0 Å². The van der Waals surface area contributed by atoms with Gasteiger partial charge in [0.05, 0.1) is 0 Å². The number of benzene rings is 2. The summed E-state index contributed by atoms with van der Waals surface area (Å²) >= 11 is 0. The lowest BCUT2D eigenvalue weighted by atomic mass is 10.1. The number of carbonyl (C=O) groups excluding carboxylic acids is 1. The van der Waals surface area contributed by atoms with Crippen molar-refractivity contribution in [2.45, 2.75) is 13.3 Å². The zero-order chi connectivity index (χ0) is 13.5.